The third-order valence-electron chi connectivity index (χ3n) is 2.30. The highest BCUT2D eigenvalue weighted by molar-refractivity contribution is 9.09. The van der Waals surface area contributed by atoms with E-state index in [2.05, 4.69) is 22.0 Å². The molecular formula is C12H8BrCl3S. The van der Waals surface area contributed by atoms with Crippen LogP contribution in [0.15, 0.2) is 24.3 Å². The molecule has 90 valence electrons. The molecule has 1 atom stereocenters. The minimum Gasteiger partial charge on any atom is -0.127 e. The van der Waals surface area contributed by atoms with Gasteiger partial charge in [-0.2, -0.15) is 0 Å². The van der Waals surface area contributed by atoms with E-state index < -0.39 is 0 Å². The summed E-state index contributed by atoms with van der Waals surface area (Å²) in [5, 5.41) is 1.27. The molecule has 2 aromatic rings. The van der Waals surface area contributed by atoms with Gasteiger partial charge in [-0.1, -0.05) is 50.7 Å². The molecule has 1 aromatic carbocycles. The summed E-state index contributed by atoms with van der Waals surface area (Å²) in [6.07, 6.45) is 0. The van der Waals surface area contributed by atoms with E-state index >= 15 is 0 Å². The Morgan fingerprint density at radius 2 is 1.65 bits per heavy atom. The molecule has 0 aliphatic heterocycles. The van der Waals surface area contributed by atoms with Crippen LogP contribution in [-0.4, -0.2) is 0 Å². The average Bonchev–Trinajstić information content (AvgIpc) is 2.57. The average molecular weight is 371 g/mol. The second kappa shape index (κ2) is 5.50. The summed E-state index contributed by atoms with van der Waals surface area (Å²) in [4.78, 5) is 1.21. The van der Waals surface area contributed by atoms with Gasteiger partial charge in [-0.25, -0.2) is 0 Å². The molecule has 17 heavy (non-hydrogen) atoms. The zero-order valence-corrected chi connectivity index (χ0v) is 13.5. The molecule has 0 bridgehead atoms. The van der Waals surface area contributed by atoms with Gasteiger partial charge in [-0.05, 0) is 42.3 Å². The molecule has 0 amide bonds. The Balaban J connectivity index is 2.39. The Labute approximate surface area is 128 Å². The molecule has 0 N–H and O–H groups in total. The first-order valence-corrected chi connectivity index (χ1v) is 7.70. The topological polar surface area (TPSA) is 0 Å². The lowest BCUT2D eigenvalue weighted by Gasteiger charge is -2.09. The zero-order valence-electron chi connectivity index (χ0n) is 8.81. The van der Waals surface area contributed by atoms with Crippen molar-refractivity contribution in [1.29, 1.82) is 0 Å². The third-order valence-corrected chi connectivity index (χ3v) is 5.68. The molecule has 1 aromatic heterocycles. The SMILES string of the molecule is Cc1cc(C(Br)c2cc(Cl)cc(Cl)c2)sc1Cl. The highest BCUT2D eigenvalue weighted by atomic mass is 79.9. The molecule has 0 fully saturated rings. The van der Waals surface area contributed by atoms with Crippen LogP contribution in [-0.2, 0) is 0 Å². The first-order valence-electron chi connectivity index (χ1n) is 4.83. The van der Waals surface area contributed by atoms with E-state index in [1.54, 1.807) is 17.4 Å². The lowest BCUT2D eigenvalue weighted by atomic mass is 10.1. The summed E-state index contributed by atoms with van der Waals surface area (Å²) >= 11 is 23.3. The number of hydrogen-bond acceptors (Lipinski definition) is 1. The largest absolute Gasteiger partial charge is 0.127 e. The molecule has 0 radical (unpaired) electrons. The number of rotatable bonds is 2. The van der Waals surface area contributed by atoms with Crippen LogP contribution in [0, 0.1) is 6.92 Å². The molecule has 0 aliphatic carbocycles. The lowest BCUT2D eigenvalue weighted by molar-refractivity contribution is 1.22. The van der Waals surface area contributed by atoms with E-state index in [-0.39, 0.29) is 4.83 Å². The minimum absolute atomic E-state index is 0.0647. The normalized spacial score (nSPS) is 12.8. The Bertz CT molecular complexity index is 511. The van der Waals surface area contributed by atoms with E-state index in [0.29, 0.717) is 10.0 Å². The maximum absolute atomic E-state index is 6.07. The van der Waals surface area contributed by atoms with E-state index in [1.165, 1.54) is 0 Å². The van der Waals surface area contributed by atoms with Crippen molar-refractivity contribution < 1.29 is 0 Å². The highest BCUT2D eigenvalue weighted by Crippen LogP contribution is 2.40. The van der Waals surface area contributed by atoms with Crippen molar-refractivity contribution in [2.24, 2.45) is 0 Å². The van der Waals surface area contributed by atoms with E-state index in [1.807, 2.05) is 19.1 Å². The number of hydrogen-bond donors (Lipinski definition) is 0. The number of alkyl halides is 1. The van der Waals surface area contributed by atoms with Gasteiger partial charge in [0, 0.05) is 14.9 Å². The van der Waals surface area contributed by atoms with Crippen LogP contribution in [0.4, 0.5) is 0 Å². The van der Waals surface area contributed by atoms with E-state index in [0.717, 1.165) is 20.3 Å². The molecule has 1 heterocycles. The molecule has 0 aliphatic rings. The number of aryl methyl sites for hydroxylation is 1. The number of halogens is 4. The standard InChI is InChI=1S/C12H8BrCl3S/c1-6-2-10(17-12(6)16)11(13)7-3-8(14)5-9(15)4-7/h2-5,11H,1H3. The van der Waals surface area contributed by atoms with E-state index in [9.17, 15) is 0 Å². The van der Waals surface area contributed by atoms with Gasteiger partial charge in [0.25, 0.3) is 0 Å². The highest BCUT2D eigenvalue weighted by Gasteiger charge is 2.15. The fourth-order valence-corrected chi connectivity index (χ4v) is 3.94. The Morgan fingerprint density at radius 1 is 1.06 bits per heavy atom. The fraction of sp³-hybridized carbons (Fsp3) is 0.167. The lowest BCUT2D eigenvalue weighted by Crippen LogP contribution is -1.89. The van der Waals surface area contributed by atoms with Crippen molar-refractivity contribution in [1.82, 2.24) is 0 Å². The molecule has 0 spiro atoms. The van der Waals surface area contributed by atoms with Crippen molar-refractivity contribution >= 4 is 62.1 Å². The van der Waals surface area contributed by atoms with Gasteiger partial charge < -0.3 is 0 Å². The zero-order chi connectivity index (χ0) is 12.6. The first-order chi connectivity index (χ1) is 7.97. The van der Waals surface area contributed by atoms with Crippen LogP contribution in [0.1, 0.15) is 20.8 Å². The summed E-state index contributed by atoms with van der Waals surface area (Å²) in [6.45, 7) is 1.99. The van der Waals surface area contributed by atoms with Gasteiger partial charge in [0.2, 0.25) is 0 Å². The molecule has 1 unspecified atom stereocenters. The summed E-state index contributed by atoms with van der Waals surface area (Å²) < 4.78 is 0.817. The number of thiophene rings is 1. The van der Waals surface area contributed by atoms with Crippen LogP contribution in [0.5, 0.6) is 0 Å². The molecule has 0 saturated carbocycles. The van der Waals surface area contributed by atoms with Crippen LogP contribution in [0.2, 0.25) is 14.4 Å². The summed E-state index contributed by atoms with van der Waals surface area (Å²) in [5.41, 5.74) is 2.12. The molecule has 0 nitrogen and oxygen atoms in total. The maximum Gasteiger partial charge on any atom is 0.0960 e. The maximum atomic E-state index is 6.07. The summed E-state index contributed by atoms with van der Waals surface area (Å²) in [7, 11) is 0. The van der Waals surface area contributed by atoms with Gasteiger partial charge in [0.15, 0.2) is 0 Å². The molecule has 0 saturated heterocycles. The molecular weight excluding hydrogens is 362 g/mol. The van der Waals surface area contributed by atoms with Crippen LogP contribution < -0.4 is 0 Å². The quantitative estimate of drug-likeness (QED) is 0.529. The van der Waals surface area contributed by atoms with E-state index in [4.69, 9.17) is 34.8 Å². The predicted octanol–water partition coefficient (Wildman–Crippen LogP) is 6.50. The van der Waals surface area contributed by atoms with Gasteiger partial charge in [0.1, 0.15) is 0 Å². The predicted molar refractivity (Wildman–Crippen MR) is 81.3 cm³/mol. The summed E-state index contributed by atoms with van der Waals surface area (Å²) in [5.74, 6) is 0. The van der Waals surface area contributed by atoms with Crippen molar-refractivity contribution in [3.8, 4) is 0 Å². The van der Waals surface area contributed by atoms with Gasteiger partial charge >= 0.3 is 0 Å². The van der Waals surface area contributed by atoms with Crippen LogP contribution in [0.3, 0.4) is 0 Å². The van der Waals surface area contributed by atoms with Crippen molar-refractivity contribution in [3.63, 3.8) is 0 Å². The third kappa shape index (κ3) is 3.18. The Hall–Kier alpha value is 0.270. The van der Waals surface area contributed by atoms with Gasteiger partial charge in [0.05, 0.1) is 9.16 Å². The van der Waals surface area contributed by atoms with Gasteiger partial charge in [-0.15, -0.1) is 11.3 Å². The summed E-state index contributed by atoms with van der Waals surface area (Å²) in [6, 6.07) is 7.59. The fourth-order valence-electron chi connectivity index (χ4n) is 1.49. The molecule has 2 rings (SSSR count). The van der Waals surface area contributed by atoms with Gasteiger partial charge in [-0.3, -0.25) is 0 Å². The molecule has 5 heteroatoms. The number of benzene rings is 1. The van der Waals surface area contributed by atoms with Crippen molar-refractivity contribution in [2.75, 3.05) is 0 Å². The van der Waals surface area contributed by atoms with Crippen molar-refractivity contribution in [2.45, 2.75) is 11.8 Å². The Kier molecular flexibility index (Phi) is 4.43. The van der Waals surface area contributed by atoms with Crippen molar-refractivity contribution in [3.05, 3.63) is 54.7 Å². The van der Waals surface area contributed by atoms with Crippen LogP contribution >= 0.6 is 62.1 Å². The second-order valence-electron chi connectivity index (χ2n) is 3.67. The smallest absolute Gasteiger partial charge is 0.0960 e. The second-order valence-corrected chi connectivity index (χ2v) is 7.15. The Morgan fingerprint density at radius 3 is 2.12 bits per heavy atom. The first kappa shape index (κ1) is 13.7. The minimum atomic E-state index is 0.0647. The monoisotopic (exact) mass is 368 g/mol. The van der Waals surface area contributed by atoms with Crippen LogP contribution in [0.25, 0.3) is 0 Å².